The number of amides is 1. The van der Waals surface area contributed by atoms with Crippen LogP contribution in [0.15, 0.2) is 18.2 Å². The van der Waals surface area contributed by atoms with Gasteiger partial charge in [0.15, 0.2) is 0 Å². The van der Waals surface area contributed by atoms with E-state index in [0.717, 1.165) is 23.1 Å². The number of fused-ring (bicyclic) bond motifs is 1. The largest absolute Gasteiger partial charge is 0.397 e. The van der Waals surface area contributed by atoms with Gasteiger partial charge in [-0.25, -0.2) is 0 Å². The molecule has 0 unspecified atom stereocenters. The van der Waals surface area contributed by atoms with Gasteiger partial charge in [-0.1, -0.05) is 18.5 Å². The van der Waals surface area contributed by atoms with Crippen LogP contribution in [0, 0.1) is 0 Å². The number of hydrogen-bond donors (Lipinski definition) is 1. The Balaban J connectivity index is 2.46. The molecule has 1 aromatic carbocycles. The highest BCUT2D eigenvalue weighted by atomic mass is 35.5. The van der Waals surface area contributed by atoms with Crippen molar-refractivity contribution in [2.24, 2.45) is 0 Å². The zero-order valence-electron chi connectivity index (χ0n) is 11.9. The quantitative estimate of drug-likeness (QED) is 0.910. The van der Waals surface area contributed by atoms with E-state index in [1.807, 2.05) is 36.9 Å². The highest BCUT2D eigenvalue weighted by Gasteiger charge is 2.23. The zero-order chi connectivity index (χ0) is 14.9. The van der Waals surface area contributed by atoms with Crippen LogP contribution in [0.1, 0.15) is 36.9 Å². The number of benzene rings is 1. The van der Waals surface area contributed by atoms with Crippen LogP contribution >= 0.6 is 22.9 Å². The molecule has 2 rings (SSSR count). The lowest BCUT2D eigenvalue weighted by Gasteiger charge is -2.25. The van der Waals surface area contributed by atoms with E-state index >= 15 is 0 Å². The van der Waals surface area contributed by atoms with E-state index < -0.39 is 0 Å². The van der Waals surface area contributed by atoms with Gasteiger partial charge in [-0.15, -0.1) is 11.3 Å². The van der Waals surface area contributed by atoms with Crippen LogP contribution < -0.4 is 5.73 Å². The lowest BCUT2D eigenvalue weighted by atomic mass is 10.2. The number of hydrogen-bond acceptors (Lipinski definition) is 3. The first-order chi connectivity index (χ1) is 9.45. The number of thiophene rings is 1. The van der Waals surface area contributed by atoms with Crippen LogP contribution in [0.2, 0.25) is 5.02 Å². The molecule has 0 radical (unpaired) electrons. The SMILES string of the molecule is CCCN(C(=O)c1sc2ccc(Cl)cc2c1N)C(C)C. The van der Waals surface area contributed by atoms with Gasteiger partial charge in [0.2, 0.25) is 0 Å². The number of carbonyl (C=O) groups excluding carboxylic acids is 1. The minimum absolute atomic E-state index is 0.0108. The fraction of sp³-hybridized carbons (Fsp3) is 0.400. The van der Waals surface area contributed by atoms with Crippen molar-refractivity contribution in [1.29, 1.82) is 0 Å². The topological polar surface area (TPSA) is 46.3 Å². The van der Waals surface area contributed by atoms with E-state index in [9.17, 15) is 4.79 Å². The van der Waals surface area contributed by atoms with Gasteiger partial charge in [0, 0.05) is 27.7 Å². The van der Waals surface area contributed by atoms with E-state index in [2.05, 4.69) is 6.92 Å². The van der Waals surface area contributed by atoms with Crippen LogP contribution in [0.3, 0.4) is 0 Å². The highest BCUT2D eigenvalue weighted by Crippen LogP contribution is 2.36. The molecule has 2 aromatic rings. The normalized spacial score (nSPS) is 11.2. The summed E-state index contributed by atoms with van der Waals surface area (Å²) in [4.78, 5) is 15.2. The van der Waals surface area contributed by atoms with Crippen molar-refractivity contribution in [2.45, 2.75) is 33.2 Å². The second-order valence-corrected chi connectivity index (χ2v) is 6.57. The van der Waals surface area contributed by atoms with Crippen molar-refractivity contribution in [3.8, 4) is 0 Å². The smallest absolute Gasteiger partial charge is 0.266 e. The maximum Gasteiger partial charge on any atom is 0.266 e. The Morgan fingerprint density at radius 3 is 2.75 bits per heavy atom. The van der Waals surface area contributed by atoms with Gasteiger partial charge in [-0.2, -0.15) is 0 Å². The van der Waals surface area contributed by atoms with Gasteiger partial charge < -0.3 is 10.6 Å². The predicted octanol–water partition coefficient (Wildman–Crippen LogP) is 4.40. The lowest BCUT2D eigenvalue weighted by molar-refractivity contribution is 0.0712. The third kappa shape index (κ3) is 2.76. The molecule has 0 saturated heterocycles. The van der Waals surface area contributed by atoms with E-state index in [4.69, 9.17) is 17.3 Å². The number of carbonyl (C=O) groups is 1. The average molecular weight is 311 g/mol. The highest BCUT2D eigenvalue weighted by molar-refractivity contribution is 7.21. The summed E-state index contributed by atoms with van der Waals surface area (Å²) < 4.78 is 0.996. The lowest BCUT2D eigenvalue weighted by Crippen LogP contribution is -2.37. The first kappa shape index (κ1) is 15.1. The summed E-state index contributed by atoms with van der Waals surface area (Å²) in [5, 5.41) is 1.50. The van der Waals surface area contributed by atoms with Crippen molar-refractivity contribution in [1.82, 2.24) is 4.90 Å². The number of anilines is 1. The second kappa shape index (κ2) is 6.02. The van der Waals surface area contributed by atoms with Crippen LogP contribution in [-0.4, -0.2) is 23.4 Å². The third-order valence-electron chi connectivity index (χ3n) is 3.23. The molecule has 3 nitrogen and oxygen atoms in total. The van der Waals surface area contributed by atoms with Crippen LogP contribution in [-0.2, 0) is 0 Å². The first-order valence-electron chi connectivity index (χ1n) is 6.74. The summed E-state index contributed by atoms with van der Waals surface area (Å²) >= 11 is 7.43. The molecule has 1 amide bonds. The fourth-order valence-electron chi connectivity index (χ4n) is 2.21. The van der Waals surface area contributed by atoms with Crippen molar-refractivity contribution in [3.63, 3.8) is 0 Å². The van der Waals surface area contributed by atoms with E-state index in [1.165, 1.54) is 11.3 Å². The Hall–Kier alpha value is -1.26. The van der Waals surface area contributed by atoms with Gasteiger partial charge >= 0.3 is 0 Å². The molecule has 2 N–H and O–H groups in total. The maximum absolute atomic E-state index is 12.7. The summed E-state index contributed by atoms with van der Waals surface area (Å²) in [7, 11) is 0. The molecule has 20 heavy (non-hydrogen) atoms. The molecular weight excluding hydrogens is 292 g/mol. The molecule has 0 aliphatic rings. The minimum Gasteiger partial charge on any atom is -0.397 e. The molecule has 0 aliphatic heterocycles. The van der Waals surface area contributed by atoms with E-state index in [-0.39, 0.29) is 11.9 Å². The van der Waals surface area contributed by atoms with E-state index in [1.54, 1.807) is 0 Å². The van der Waals surface area contributed by atoms with Crippen LogP contribution in [0.25, 0.3) is 10.1 Å². The van der Waals surface area contributed by atoms with Gasteiger partial charge in [0.05, 0.1) is 5.69 Å². The van der Waals surface area contributed by atoms with Crippen molar-refractivity contribution >= 4 is 44.6 Å². The molecule has 0 saturated carbocycles. The minimum atomic E-state index is 0.0108. The predicted molar refractivity (Wildman–Crippen MR) is 87.7 cm³/mol. The fourth-order valence-corrected chi connectivity index (χ4v) is 3.44. The summed E-state index contributed by atoms with van der Waals surface area (Å²) in [6.45, 7) is 6.85. The van der Waals surface area contributed by atoms with Crippen molar-refractivity contribution in [2.75, 3.05) is 12.3 Å². The Kier molecular flexibility index (Phi) is 4.55. The molecule has 1 heterocycles. The Bertz CT molecular complexity index is 636. The van der Waals surface area contributed by atoms with Crippen molar-refractivity contribution < 1.29 is 4.79 Å². The molecule has 1 aromatic heterocycles. The summed E-state index contributed by atoms with van der Waals surface area (Å²) in [5.41, 5.74) is 6.69. The second-order valence-electron chi connectivity index (χ2n) is 5.08. The average Bonchev–Trinajstić information content (AvgIpc) is 2.72. The number of nitrogens with two attached hydrogens (primary N) is 1. The molecule has 0 spiro atoms. The van der Waals surface area contributed by atoms with Gasteiger partial charge in [0.1, 0.15) is 4.88 Å². The summed E-state index contributed by atoms with van der Waals surface area (Å²) in [5.74, 6) is 0.0108. The number of nitrogen functional groups attached to an aromatic ring is 1. The molecule has 5 heteroatoms. The third-order valence-corrected chi connectivity index (χ3v) is 4.64. The monoisotopic (exact) mass is 310 g/mol. The Morgan fingerprint density at radius 2 is 2.15 bits per heavy atom. The molecular formula is C15H19ClN2OS. The standard InChI is InChI=1S/C15H19ClN2OS/c1-4-7-18(9(2)3)15(19)14-13(17)11-8-10(16)5-6-12(11)20-14/h5-6,8-9H,4,7,17H2,1-3H3. The summed E-state index contributed by atoms with van der Waals surface area (Å²) in [6.07, 6.45) is 0.931. The molecule has 0 aliphatic carbocycles. The summed E-state index contributed by atoms with van der Waals surface area (Å²) in [6, 6.07) is 5.71. The Morgan fingerprint density at radius 1 is 1.45 bits per heavy atom. The maximum atomic E-state index is 12.7. The van der Waals surface area contributed by atoms with Crippen LogP contribution in [0.4, 0.5) is 5.69 Å². The van der Waals surface area contributed by atoms with Gasteiger partial charge in [-0.05, 0) is 38.5 Å². The van der Waals surface area contributed by atoms with Gasteiger partial charge in [0.25, 0.3) is 5.91 Å². The molecule has 0 bridgehead atoms. The molecule has 0 atom stereocenters. The zero-order valence-corrected chi connectivity index (χ0v) is 13.5. The van der Waals surface area contributed by atoms with E-state index in [0.29, 0.717) is 15.6 Å². The number of rotatable bonds is 4. The first-order valence-corrected chi connectivity index (χ1v) is 7.93. The Labute approximate surface area is 128 Å². The number of halogens is 1. The van der Waals surface area contributed by atoms with Crippen LogP contribution in [0.5, 0.6) is 0 Å². The molecule has 108 valence electrons. The molecule has 0 fully saturated rings. The number of nitrogens with zero attached hydrogens (tertiary/aromatic N) is 1. The van der Waals surface area contributed by atoms with Crippen molar-refractivity contribution in [3.05, 3.63) is 28.1 Å². The van der Waals surface area contributed by atoms with Gasteiger partial charge in [-0.3, -0.25) is 4.79 Å².